The van der Waals surface area contributed by atoms with Crippen LogP contribution in [0.1, 0.15) is 27.0 Å². The van der Waals surface area contributed by atoms with Gasteiger partial charge in [0.1, 0.15) is 17.7 Å². The average molecular weight is 329 g/mol. The molecule has 7 heteroatoms. The van der Waals surface area contributed by atoms with Crippen LogP contribution in [0.25, 0.3) is 10.9 Å². The lowest BCUT2D eigenvalue weighted by Crippen LogP contribution is -2.16. The van der Waals surface area contributed by atoms with Crippen molar-refractivity contribution in [1.29, 1.82) is 10.5 Å². The maximum Gasteiger partial charge on any atom is 0.268 e. The molecule has 0 saturated carbocycles. The number of nitrogen functional groups attached to an aromatic ring is 2. The van der Waals surface area contributed by atoms with Crippen LogP contribution in [0.3, 0.4) is 0 Å². The Morgan fingerprint density at radius 2 is 1.72 bits per heavy atom. The fourth-order valence-electron chi connectivity index (χ4n) is 2.66. The molecule has 3 rings (SSSR count). The number of nitriles is 2. The van der Waals surface area contributed by atoms with Gasteiger partial charge in [-0.3, -0.25) is 9.59 Å². The van der Waals surface area contributed by atoms with Crippen LogP contribution >= 0.6 is 0 Å². The van der Waals surface area contributed by atoms with E-state index in [2.05, 4.69) is 4.98 Å². The highest BCUT2D eigenvalue weighted by Crippen LogP contribution is 2.33. The third-order valence-corrected chi connectivity index (χ3v) is 3.88. The van der Waals surface area contributed by atoms with Crippen molar-refractivity contribution in [3.8, 4) is 12.1 Å². The Kier molecular flexibility index (Phi) is 3.68. The number of carbonyl (C=O) groups is 1. The Morgan fingerprint density at radius 1 is 1.04 bits per heavy atom. The molecule has 2 aromatic carbocycles. The predicted molar refractivity (Wildman–Crippen MR) is 92.7 cm³/mol. The van der Waals surface area contributed by atoms with Gasteiger partial charge in [0, 0.05) is 16.5 Å². The Morgan fingerprint density at radius 3 is 2.32 bits per heavy atom. The number of fused-ring (bicyclic) bond motifs is 1. The van der Waals surface area contributed by atoms with Gasteiger partial charge in [0.05, 0.1) is 22.5 Å². The van der Waals surface area contributed by atoms with Crippen LogP contribution in [0, 0.1) is 22.7 Å². The van der Waals surface area contributed by atoms with E-state index in [1.54, 1.807) is 36.4 Å². The summed E-state index contributed by atoms with van der Waals surface area (Å²) in [5, 5.41) is 18.6. The fraction of sp³-hybridized carbons (Fsp3) is 0. The summed E-state index contributed by atoms with van der Waals surface area (Å²) in [6.07, 6.45) is 0. The monoisotopic (exact) mass is 329 g/mol. The molecule has 0 amide bonds. The largest absolute Gasteiger partial charge is 0.398 e. The molecule has 0 aliphatic rings. The maximum absolute atomic E-state index is 12.7. The number of ketones is 1. The molecule has 5 N–H and O–H groups in total. The first kappa shape index (κ1) is 15.8. The predicted octanol–water partition coefficient (Wildman–Crippen LogP) is 1.67. The minimum atomic E-state index is -0.717. The summed E-state index contributed by atoms with van der Waals surface area (Å²) in [7, 11) is 0. The summed E-state index contributed by atoms with van der Waals surface area (Å²) in [5.41, 5.74) is 11.5. The Bertz CT molecular complexity index is 1160. The molecule has 0 bridgehead atoms. The molecule has 120 valence electrons. The number of carbonyl (C=O) groups excluding carboxylic acids is 1. The zero-order chi connectivity index (χ0) is 18.1. The van der Waals surface area contributed by atoms with Gasteiger partial charge in [-0.1, -0.05) is 30.3 Å². The van der Waals surface area contributed by atoms with Crippen molar-refractivity contribution in [1.82, 2.24) is 4.98 Å². The number of nitrogens with zero attached hydrogens (tertiary/aromatic N) is 2. The SMILES string of the molecule is N#Cc1c(N)c2c(N)c(C(=O)c3ccccc3)cc(C#N)c2[nH]c1=O. The number of hydrogen-bond donors (Lipinski definition) is 3. The summed E-state index contributed by atoms with van der Waals surface area (Å²) in [6.45, 7) is 0. The lowest BCUT2D eigenvalue weighted by molar-refractivity contribution is 0.103. The number of hydrogen-bond acceptors (Lipinski definition) is 6. The van der Waals surface area contributed by atoms with Crippen LogP contribution in [0.4, 0.5) is 11.4 Å². The normalized spacial score (nSPS) is 10.2. The standard InChI is InChI=1S/C18H11N5O2/c19-7-10-6-11(17(24)9-4-2-1-3-5-9)14(21)13-15(22)12(8-20)18(25)23-16(10)13/h1-6H,21H2,(H3,22,23,25). The van der Waals surface area contributed by atoms with Crippen LogP contribution < -0.4 is 17.0 Å². The molecule has 0 aliphatic carbocycles. The number of rotatable bonds is 2. The second kappa shape index (κ2) is 5.84. The van der Waals surface area contributed by atoms with Crippen molar-refractivity contribution < 1.29 is 4.79 Å². The van der Waals surface area contributed by atoms with E-state index >= 15 is 0 Å². The number of aromatic amines is 1. The van der Waals surface area contributed by atoms with E-state index in [1.165, 1.54) is 6.07 Å². The van der Waals surface area contributed by atoms with Crippen LogP contribution in [0.2, 0.25) is 0 Å². The van der Waals surface area contributed by atoms with Gasteiger partial charge in [0.2, 0.25) is 0 Å². The molecule has 0 fully saturated rings. The molecule has 1 aromatic heterocycles. The average Bonchev–Trinajstić information content (AvgIpc) is 2.62. The highest BCUT2D eigenvalue weighted by Gasteiger charge is 2.21. The molecule has 0 aliphatic heterocycles. The maximum atomic E-state index is 12.7. The van der Waals surface area contributed by atoms with Gasteiger partial charge < -0.3 is 16.5 Å². The zero-order valence-corrected chi connectivity index (χ0v) is 12.8. The van der Waals surface area contributed by atoms with E-state index in [-0.39, 0.29) is 44.8 Å². The molecule has 0 atom stereocenters. The third kappa shape index (κ3) is 2.37. The first-order valence-electron chi connectivity index (χ1n) is 7.17. The third-order valence-electron chi connectivity index (χ3n) is 3.88. The highest BCUT2D eigenvalue weighted by atomic mass is 16.1. The van der Waals surface area contributed by atoms with E-state index < -0.39 is 5.56 Å². The topological polar surface area (TPSA) is 150 Å². The molecular formula is C18H11N5O2. The molecule has 7 nitrogen and oxygen atoms in total. The zero-order valence-electron chi connectivity index (χ0n) is 12.8. The summed E-state index contributed by atoms with van der Waals surface area (Å²) in [4.78, 5) is 27.1. The lowest BCUT2D eigenvalue weighted by Gasteiger charge is -2.12. The van der Waals surface area contributed by atoms with Crippen molar-refractivity contribution in [2.45, 2.75) is 0 Å². The Labute approximate surface area is 141 Å². The highest BCUT2D eigenvalue weighted by molar-refractivity contribution is 6.18. The van der Waals surface area contributed by atoms with Gasteiger partial charge in [-0.2, -0.15) is 10.5 Å². The van der Waals surface area contributed by atoms with Crippen molar-refractivity contribution in [3.63, 3.8) is 0 Å². The van der Waals surface area contributed by atoms with Gasteiger partial charge in [0.25, 0.3) is 5.56 Å². The first-order chi connectivity index (χ1) is 12.0. The number of pyridine rings is 1. The summed E-state index contributed by atoms with van der Waals surface area (Å²) in [5.74, 6) is -0.388. The number of anilines is 2. The van der Waals surface area contributed by atoms with Gasteiger partial charge >= 0.3 is 0 Å². The van der Waals surface area contributed by atoms with Gasteiger partial charge in [-0.25, -0.2) is 0 Å². The minimum Gasteiger partial charge on any atom is -0.398 e. The van der Waals surface area contributed by atoms with Crippen LogP contribution in [0.5, 0.6) is 0 Å². The van der Waals surface area contributed by atoms with Crippen molar-refractivity contribution in [2.75, 3.05) is 11.5 Å². The molecule has 0 spiro atoms. The van der Waals surface area contributed by atoms with E-state index in [4.69, 9.17) is 16.7 Å². The number of benzene rings is 2. The summed E-state index contributed by atoms with van der Waals surface area (Å²) in [6, 6.07) is 13.4. The van der Waals surface area contributed by atoms with Crippen molar-refractivity contribution in [3.05, 3.63) is 69.0 Å². The van der Waals surface area contributed by atoms with E-state index in [0.29, 0.717) is 5.56 Å². The molecule has 0 radical (unpaired) electrons. The Hall–Kier alpha value is -4.10. The minimum absolute atomic E-state index is 0.00750. The molecule has 0 saturated heterocycles. The first-order valence-corrected chi connectivity index (χ1v) is 7.17. The number of nitrogens with one attached hydrogen (secondary N) is 1. The second-order valence-corrected chi connectivity index (χ2v) is 5.30. The fourth-order valence-corrected chi connectivity index (χ4v) is 2.66. The molecule has 0 unspecified atom stereocenters. The summed E-state index contributed by atoms with van der Waals surface area (Å²) < 4.78 is 0. The smallest absolute Gasteiger partial charge is 0.268 e. The number of aromatic nitrogens is 1. The summed E-state index contributed by atoms with van der Waals surface area (Å²) >= 11 is 0. The van der Waals surface area contributed by atoms with Gasteiger partial charge in [-0.15, -0.1) is 0 Å². The lowest BCUT2D eigenvalue weighted by atomic mass is 9.95. The van der Waals surface area contributed by atoms with Crippen LogP contribution in [-0.2, 0) is 0 Å². The molecule has 1 heterocycles. The van der Waals surface area contributed by atoms with Crippen molar-refractivity contribution >= 4 is 28.1 Å². The van der Waals surface area contributed by atoms with Crippen LogP contribution in [0.15, 0.2) is 41.2 Å². The molecule has 3 aromatic rings. The second-order valence-electron chi connectivity index (χ2n) is 5.30. The van der Waals surface area contributed by atoms with E-state index in [1.807, 2.05) is 6.07 Å². The van der Waals surface area contributed by atoms with E-state index in [0.717, 1.165) is 0 Å². The number of nitrogens with two attached hydrogens (primary N) is 2. The van der Waals surface area contributed by atoms with Gasteiger partial charge in [-0.05, 0) is 6.07 Å². The Balaban J connectivity index is 2.43. The van der Waals surface area contributed by atoms with Crippen LogP contribution in [-0.4, -0.2) is 10.8 Å². The number of H-pyrrole nitrogens is 1. The molecular weight excluding hydrogens is 318 g/mol. The van der Waals surface area contributed by atoms with Crippen molar-refractivity contribution in [2.24, 2.45) is 0 Å². The van der Waals surface area contributed by atoms with Gasteiger partial charge in [0.15, 0.2) is 5.78 Å². The quantitative estimate of drug-likeness (QED) is 0.480. The molecule has 25 heavy (non-hydrogen) atoms. The van der Waals surface area contributed by atoms with E-state index in [9.17, 15) is 14.9 Å².